The number of hydrogen-bond donors (Lipinski definition) is 1. The molecule has 1 N–H and O–H groups in total. The number of aryl methyl sites for hydroxylation is 2. The van der Waals surface area contributed by atoms with Gasteiger partial charge in [-0.1, -0.05) is 59.8 Å². The number of ether oxygens (including phenoxy) is 1. The Hall–Kier alpha value is -3.25. The Morgan fingerprint density at radius 3 is 2.72 bits per heavy atom. The van der Waals surface area contributed by atoms with Crippen molar-refractivity contribution in [1.82, 2.24) is 4.98 Å². The summed E-state index contributed by atoms with van der Waals surface area (Å²) < 4.78 is 11.3. The molecular weight excluding hydrogens is 386 g/mol. The first kappa shape index (κ1) is 20.5. The van der Waals surface area contributed by atoms with Crippen LogP contribution in [-0.4, -0.2) is 18.1 Å². The van der Waals surface area contributed by atoms with Gasteiger partial charge in [0.2, 0.25) is 17.5 Å². The Morgan fingerprint density at radius 2 is 1.97 bits per heavy atom. The van der Waals surface area contributed by atoms with Crippen LogP contribution in [0.15, 0.2) is 46.9 Å². The molecule has 3 rings (SSSR count). The second-order valence-corrected chi connectivity index (χ2v) is 6.82. The SMILES string of the molecule is Cc1cc(C)c(Cl)c(-c2nc(C#N)c(NCC#CCOCc3ccccc3)o2)c1. The van der Waals surface area contributed by atoms with Gasteiger partial charge in [0, 0.05) is 0 Å². The van der Waals surface area contributed by atoms with E-state index in [1.807, 2.05) is 62.4 Å². The predicted molar refractivity (Wildman–Crippen MR) is 114 cm³/mol. The number of aromatic nitrogens is 1. The lowest BCUT2D eigenvalue weighted by atomic mass is 10.1. The standard InChI is InChI=1S/C23H20ClN3O2/c1-16-12-17(2)21(24)19(13-16)22-27-20(14-25)23(29-22)26-10-6-7-11-28-15-18-8-4-3-5-9-18/h3-5,8-9,12-13,26H,10-11,15H2,1-2H3. The summed E-state index contributed by atoms with van der Waals surface area (Å²) in [7, 11) is 0. The van der Waals surface area contributed by atoms with Crippen molar-refractivity contribution in [3.05, 3.63) is 69.9 Å². The van der Waals surface area contributed by atoms with Gasteiger partial charge < -0.3 is 14.5 Å². The third-order valence-corrected chi connectivity index (χ3v) is 4.61. The third-order valence-electron chi connectivity index (χ3n) is 4.11. The summed E-state index contributed by atoms with van der Waals surface area (Å²) in [4.78, 5) is 4.26. The number of halogens is 1. The average molecular weight is 406 g/mol. The molecule has 6 heteroatoms. The summed E-state index contributed by atoms with van der Waals surface area (Å²) in [5.74, 6) is 6.45. The lowest BCUT2D eigenvalue weighted by Gasteiger charge is -2.05. The van der Waals surface area contributed by atoms with Crippen LogP contribution in [0.25, 0.3) is 11.5 Å². The van der Waals surface area contributed by atoms with Gasteiger partial charge in [0.1, 0.15) is 12.7 Å². The largest absolute Gasteiger partial charge is 0.419 e. The maximum atomic E-state index is 9.34. The molecule has 0 aliphatic carbocycles. The van der Waals surface area contributed by atoms with Crippen LogP contribution in [-0.2, 0) is 11.3 Å². The third kappa shape index (κ3) is 5.39. The highest BCUT2D eigenvalue weighted by Gasteiger charge is 2.17. The molecule has 2 aromatic carbocycles. The molecule has 0 saturated carbocycles. The number of oxazole rings is 1. The van der Waals surface area contributed by atoms with E-state index in [-0.39, 0.29) is 11.6 Å². The van der Waals surface area contributed by atoms with Crippen molar-refractivity contribution in [2.75, 3.05) is 18.5 Å². The van der Waals surface area contributed by atoms with E-state index < -0.39 is 0 Å². The molecule has 146 valence electrons. The first-order chi connectivity index (χ1) is 14.1. The molecule has 0 spiro atoms. The highest BCUT2D eigenvalue weighted by molar-refractivity contribution is 6.34. The van der Waals surface area contributed by atoms with Crippen molar-refractivity contribution in [2.45, 2.75) is 20.5 Å². The number of nitrogens with one attached hydrogen (secondary N) is 1. The van der Waals surface area contributed by atoms with Gasteiger partial charge in [-0.05, 0) is 36.6 Å². The first-order valence-corrected chi connectivity index (χ1v) is 9.45. The molecule has 0 bridgehead atoms. The maximum Gasteiger partial charge on any atom is 0.233 e. The molecule has 1 aromatic heterocycles. The average Bonchev–Trinajstić information content (AvgIpc) is 3.13. The molecular formula is C23H20ClN3O2. The fraction of sp³-hybridized carbons (Fsp3) is 0.217. The number of hydrogen-bond acceptors (Lipinski definition) is 5. The molecule has 29 heavy (non-hydrogen) atoms. The molecule has 0 fully saturated rings. The van der Waals surface area contributed by atoms with Gasteiger partial charge >= 0.3 is 0 Å². The van der Waals surface area contributed by atoms with E-state index in [0.717, 1.165) is 16.7 Å². The summed E-state index contributed by atoms with van der Waals surface area (Å²) in [6, 6.07) is 15.8. The highest BCUT2D eigenvalue weighted by Crippen LogP contribution is 2.33. The summed E-state index contributed by atoms with van der Waals surface area (Å²) in [5, 5.41) is 12.9. The molecule has 0 radical (unpaired) electrons. The number of rotatable bonds is 6. The fourth-order valence-electron chi connectivity index (χ4n) is 2.77. The minimum absolute atomic E-state index is 0.164. The van der Waals surface area contributed by atoms with E-state index in [0.29, 0.717) is 36.2 Å². The van der Waals surface area contributed by atoms with Crippen molar-refractivity contribution < 1.29 is 9.15 Å². The Morgan fingerprint density at radius 1 is 1.17 bits per heavy atom. The lowest BCUT2D eigenvalue weighted by molar-refractivity contribution is 0.153. The van der Waals surface area contributed by atoms with Gasteiger partial charge in [0.15, 0.2) is 0 Å². The molecule has 3 aromatic rings. The van der Waals surface area contributed by atoms with Crippen molar-refractivity contribution in [3.63, 3.8) is 0 Å². The Balaban J connectivity index is 1.59. The van der Waals surface area contributed by atoms with Crippen LogP contribution < -0.4 is 5.32 Å². The number of nitrogens with zero attached hydrogens (tertiary/aromatic N) is 2. The molecule has 0 atom stereocenters. The van der Waals surface area contributed by atoms with Gasteiger partial charge in [-0.3, -0.25) is 0 Å². The van der Waals surface area contributed by atoms with Crippen molar-refractivity contribution in [1.29, 1.82) is 5.26 Å². The number of anilines is 1. The van der Waals surface area contributed by atoms with E-state index in [9.17, 15) is 5.26 Å². The van der Waals surface area contributed by atoms with Crippen LogP contribution in [0.2, 0.25) is 5.02 Å². The number of nitriles is 1. The second kappa shape index (κ2) is 9.80. The van der Waals surface area contributed by atoms with Crippen molar-refractivity contribution in [3.8, 4) is 29.4 Å². The summed E-state index contributed by atoms with van der Waals surface area (Å²) in [5.41, 5.74) is 3.89. The fourth-order valence-corrected chi connectivity index (χ4v) is 2.96. The second-order valence-electron chi connectivity index (χ2n) is 6.44. The van der Waals surface area contributed by atoms with E-state index in [1.165, 1.54) is 0 Å². The van der Waals surface area contributed by atoms with Crippen LogP contribution in [0.3, 0.4) is 0 Å². The minimum Gasteiger partial charge on any atom is -0.419 e. The summed E-state index contributed by atoms with van der Waals surface area (Å²) in [6.45, 7) is 5.03. The summed E-state index contributed by atoms with van der Waals surface area (Å²) in [6.07, 6.45) is 0. The zero-order valence-electron chi connectivity index (χ0n) is 16.3. The highest BCUT2D eigenvalue weighted by atomic mass is 35.5. The van der Waals surface area contributed by atoms with Crippen molar-refractivity contribution in [2.24, 2.45) is 0 Å². The van der Waals surface area contributed by atoms with Crippen LogP contribution in [0.1, 0.15) is 22.4 Å². The maximum absolute atomic E-state index is 9.34. The van der Waals surface area contributed by atoms with E-state index in [4.69, 9.17) is 20.8 Å². The lowest BCUT2D eigenvalue weighted by Crippen LogP contribution is -2.00. The number of benzene rings is 2. The van der Waals surface area contributed by atoms with E-state index in [1.54, 1.807) is 0 Å². The quantitative estimate of drug-likeness (QED) is 0.455. The zero-order chi connectivity index (χ0) is 20.6. The smallest absolute Gasteiger partial charge is 0.233 e. The Kier molecular flexibility index (Phi) is 6.92. The molecule has 0 unspecified atom stereocenters. The summed E-state index contributed by atoms with van der Waals surface area (Å²) >= 11 is 6.38. The van der Waals surface area contributed by atoms with E-state index >= 15 is 0 Å². The molecule has 1 heterocycles. The van der Waals surface area contributed by atoms with Gasteiger partial charge in [-0.25, -0.2) is 0 Å². The molecule has 0 amide bonds. The normalized spacial score (nSPS) is 10.1. The topological polar surface area (TPSA) is 71.1 Å². The van der Waals surface area contributed by atoms with E-state index in [2.05, 4.69) is 22.1 Å². The van der Waals surface area contributed by atoms with Gasteiger partial charge in [-0.2, -0.15) is 10.2 Å². The van der Waals surface area contributed by atoms with Crippen LogP contribution in [0.4, 0.5) is 5.88 Å². The Labute approximate surface area is 175 Å². The van der Waals surface area contributed by atoms with Crippen LogP contribution in [0, 0.1) is 37.0 Å². The minimum atomic E-state index is 0.164. The predicted octanol–water partition coefficient (Wildman–Crippen LogP) is 5.12. The van der Waals surface area contributed by atoms with Gasteiger partial charge in [-0.15, -0.1) is 0 Å². The zero-order valence-corrected chi connectivity index (χ0v) is 17.0. The Bertz CT molecular complexity index is 1090. The van der Waals surface area contributed by atoms with Crippen LogP contribution in [0.5, 0.6) is 0 Å². The van der Waals surface area contributed by atoms with Crippen molar-refractivity contribution >= 4 is 17.5 Å². The molecule has 5 nitrogen and oxygen atoms in total. The van der Waals surface area contributed by atoms with Crippen LogP contribution >= 0.6 is 11.6 Å². The molecule has 0 aliphatic heterocycles. The monoisotopic (exact) mass is 405 g/mol. The van der Waals surface area contributed by atoms with Gasteiger partial charge in [0.25, 0.3) is 0 Å². The molecule has 0 saturated heterocycles. The molecule has 0 aliphatic rings. The van der Waals surface area contributed by atoms with Gasteiger partial charge in [0.05, 0.1) is 23.7 Å². The first-order valence-electron chi connectivity index (χ1n) is 9.07.